The number of benzene rings is 1. The second kappa shape index (κ2) is 5.78. The largest absolute Gasteiger partial charge is 0.481 e. The van der Waals surface area contributed by atoms with Gasteiger partial charge in [-0.2, -0.15) is 0 Å². The van der Waals surface area contributed by atoms with Gasteiger partial charge in [0.25, 0.3) is 0 Å². The molecule has 4 nitrogen and oxygen atoms in total. The average Bonchev–Trinajstić information content (AvgIpc) is 2.92. The fourth-order valence-electron chi connectivity index (χ4n) is 3.80. The first-order chi connectivity index (χ1) is 10.2. The first-order valence-electron chi connectivity index (χ1n) is 7.79. The van der Waals surface area contributed by atoms with E-state index >= 15 is 0 Å². The Balaban J connectivity index is 1.82. The van der Waals surface area contributed by atoms with E-state index in [9.17, 15) is 9.90 Å². The van der Waals surface area contributed by atoms with E-state index in [0.717, 1.165) is 25.8 Å². The Kier molecular flexibility index (Phi) is 4.00. The van der Waals surface area contributed by atoms with Gasteiger partial charge < -0.3 is 9.84 Å². The quantitative estimate of drug-likeness (QED) is 0.926. The van der Waals surface area contributed by atoms with Gasteiger partial charge in [-0.1, -0.05) is 37.6 Å². The molecule has 0 spiro atoms. The van der Waals surface area contributed by atoms with Gasteiger partial charge in [0.1, 0.15) is 0 Å². The molecule has 2 aliphatic heterocycles. The molecule has 21 heavy (non-hydrogen) atoms. The molecule has 4 heteroatoms. The zero-order valence-electron chi connectivity index (χ0n) is 12.5. The van der Waals surface area contributed by atoms with Crippen LogP contribution in [0.25, 0.3) is 0 Å². The van der Waals surface area contributed by atoms with E-state index in [1.54, 1.807) is 0 Å². The summed E-state index contributed by atoms with van der Waals surface area (Å²) in [4.78, 5) is 14.0. The standard InChI is InChI=1S/C17H23NO3/c1-2-7-17(16(19)20)8-9-18(12-17)15-11-21-10-13-5-3-4-6-14(13)15/h3-6,15H,2,7-12H2,1H3,(H,19,20). The fourth-order valence-corrected chi connectivity index (χ4v) is 3.80. The van der Waals surface area contributed by atoms with Crippen LogP contribution in [0.5, 0.6) is 0 Å². The van der Waals surface area contributed by atoms with E-state index in [4.69, 9.17) is 4.74 Å². The van der Waals surface area contributed by atoms with Crippen LogP contribution in [0, 0.1) is 5.41 Å². The van der Waals surface area contributed by atoms with E-state index in [0.29, 0.717) is 19.8 Å². The number of nitrogens with zero attached hydrogens (tertiary/aromatic N) is 1. The molecule has 2 heterocycles. The van der Waals surface area contributed by atoms with Gasteiger partial charge >= 0.3 is 5.97 Å². The van der Waals surface area contributed by atoms with Crippen molar-refractivity contribution in [3.05, 3.63) is 35.4 Å². The third-order valence-electron chi connectivity index (χ3n) is 4.95. The number of carboxylic acids is 1. The molecule has 0 aliphatic carbocycles. The van der Waals surface area contributed by atoms with Crippen LogP contribution in [0.3, 0.4) is 0 Å². The molecule has 2 unspecified atom stereocenters. The number of fused-ring (bicyclic) bond motifs is 1. The van der Waals surface area contributed by atoms with Gasteiger partial charge in [0.2, 0.25) is 0 Å². The van der Waals surface area contributed by atoms with Crippen molar-refractivity contribution in [2.24, 2.45) is 5.41 Å². The maximum absolute atomic E-state index is 11.7. The molecule has 114 valence electrons. The number of rotatable bonds is 4. The maximum Gasteiger partial charge on any atom is 0.310 e. The number of carboxylic acid groups (broad SMARTS) is 1. The molecule has 0 amide bonds. The van der Waals surface area contributed by atoms with E-state index < -0.39 is 11.4 Å². The average molecular weight is 289 g/mol. The van der Waals surface area contributed by atoms with Gasteiger partial charge in [0, 0.05) is 13.1 Å². The van der Waals surface area contributed by atoms with Crippen molar-refractivity contribution in [3.63, 3.8) is 0 Å². The smallest absolute Gasteiger partial charge is 0.310 e. The van der Waals surface area contributed by atoms with Crippen molar-refractivity contribution in [1.29, 1.82) is 0 Å². The molecule has 1 N–H and O–H groups in total. The predicted octanol–water partition coefficient (Wildman–Crippen LogP) is 2.83. The fraction of sp³-hybridized carbons (Fsp3) is 0.588. The Hall–Kier alpha value is -1.39. The highest BCUT2D eigenvalue weighted by Crippen LogP contribution is 2.41. The Labute approximate surface area is 125 Å². The molecule has 0 saturated carbocycles. The number of hydrogen-bond acceptors (Lipinski definition) is 3. The summed E-state index contributed by atoms with van der Waals surface area (Å²) in [7, 11) is 0. The zero-order valence-corrected chi connectivity index (χ0v) is 12.5. The van der Waals surface area contributed by atoms with Crippen molar-refractivity contribution >= 4 is 5.97 Å². The van der Waals surface area contributed by atoms with E-state index in [2.05, 4.69) is 30.0 Å². The predicted molar refractivity (Wildman–Crippen MR) is 80.0 cm³/mol. The molecule has 1 aromatic carbocycles. The van der Waals surface area contributed by atoms with Gasteiger partial charge in [-0.05, 0) is 24.0 Å². The summed E-state index contributed by atoms with van der Waals surface area (Å²) in [6, 6.07) is 8.56. The number of carbonyl (C=O) groups is 1. The van der Waals surface area contributed by atoms with Crippen molar-refractivity contribution in [2.45, 2.75) is 38.8 Å². The zero-order chi connectivity index (χ0) is 14.9. The summed E-state index contributed by atoms with van der Waals surface area (Å²) in [6.07, 6.45) is 2.42. The second-order valence-electron chi connectivity index (χ2n) is 6.29. The van der Waals surface area contributed by atoms with Crippen molar-refractivity contribution in [2.75, 3.05) is 19.7 Å². The van der Waals surface area contributed by atoms with Crippen molar-refractivity contribution in [1.82, 2.24) is 4.90 Å². The Bertz CT molecular complexity index is 531. The van der Waals surface area contributed by atoms with Crippen molar-refractivity contribution < 1.29 is 14.6 Å². The summed E-state index contributed by atoms with van der Waals surface area (Å²) < 4.78 is 5.72. The highest BCUT2D eigenvalue weighted by Gasteiger charge is 2.46. The SMILES string of the molecule is CCCC1(C(=O)O)CCN(C2COCc3ccccc32)C1. The first kappa shape index (κ1) is 14.5. The van der Waals surface area contributed by atoms with Crippen LogP contribution in [0.15, 0.2) is 24.3 Å². The van der Waals surface area contributed by atoms with Crippen LogP contribution in [0.1, 0.15) is 43.4 Å². The Morgan fingerprint density at radius 3 is 3.05 bits per heavy atom. The molecule has 2 aliphatic rings. The maximum atomic E-state index is 11.7. The normalized spacial score (nSPS) is 29.3. The summed E-state index contributed by atoms with van der Waals surface area (Å²) in [5.74, 6) is -0.642. The molecule has 3 rings (SSSR count). The Morgan fingerprint density at radius 1 is 1.48 bits per heavy atom. The van der Waals surface area contributed by atoms with Crippen LogP contribution in [-0.2, 0) is 16.1 Å². The molecule has 0 aromatic heterocycles. The molecule has 0 radical (unpaired) electrons. The van der Waals surface area contributed by atoms with Gasteiger partial charge in [0.15, 0.2) is 0 Å². The van der Waals surface area contributed by atoms with Gasteiger partial charge in [-0.15, -0.1) is 0 Å². The number of likely N-dealkylation sites (tertiary alicyclic amines) is 1. The third kappa shape index (κ3) is 2.58. The molecular weight excluding hydrogens is 266 g/mol. The minimum absolute atomic E-state index is 0.202. The van der Waals surface area contributed by atoms with Gasteiger partial charge in [-0.3, -0.25) is 9.69 Å². The molecule has 0 bridgehead atoms. The molecule has 2 atom stereocenters. The minimum atomic E-state index is -0.642. The topological polar surface area (TPSA) is 49.8 Å². The lowest BCUT2D eigenvalue weighted by Crippen LogP contribution is -2.38. The molecular formula is C17H23NO3. The van der Waals surface area contributed by atoms with Crippen LogP contribution in [0.2, 0.25) is 0 Å². The van der Waals surface area contributed by atoms with E-state index in [1.807, 2.05) is 6.07 Å². The molecule has 1 aromatic rings. The third-order valence-corrected chi connectivity index (χ3v) is 4.95. The highest BCUT2D eigenvalue weighted by molar-refractivity contribution is 5.75. The minimum Gasteiger partial charge on any atom is -0.481 e. The van der Waals surface area contributed by atoms with Gasteiger partial charge in [-0.25, -0.2) is 0 Å². The van der Waals surface area contributed by atoms with Crippen molar-refractivity contribution in [3.8, 4) is 0 Å². The number of ether oxygens (including phenoxy) is 1. The number of aliphatic carboxylic acids is 1. The van der Waals surface area contributed by atoms with Crippen LogP contribution < -0.4 is 0 Å². The van der Waals surface area contributed by atoms with E-state index in [-0.39, 0.29) is 6.04 Å². The molecule has 1 fully saturated rings. The first-order valence-corrected chi connectivity index (χ1v) is 7.79. The summed E-state index contributed by atoms with van der Waals surface area (Å²) in [5.41, 5.74) is 1.97. The van der Waals surface area contributed by atoms with Gasteiger partial charge in [0.05, 0.1) is 24.7 Å². The second-order valence-corrected chi connectivity index (χ2v) is 6.29. The number of hydrogen-bond donors (Lipinski definition) is 1. The molecule has 1 saturated heterocycles. The highest BCUT2D eigenvalue weighted by atomic mass is 16.5. The summed E-state index contributed by atoms with van der Waals surface area (Å²) in [6.45, 7) is 4.87. The Morgan fingerprint density at radius 2 is 2.29 bits per heavy atom. The lowest BCUT2D eigenvalue weighted by atomic mass is 9.82. The lowest BCUT2D eigenvalue weighted by molar-refractivity contribution is -0.148. The monoisotopic (exact) mass is 289 g/mol. The van der Waals surface area contributed by atoms with E-state index in [1.165, 1.54) is 11.1 Å². The summed E-state index contributed by atoms with van der Waals surface area (Å²) in [5, 5.41) is 9.65. The lowest BCUT2D eigenvalue weighted by Gasteiger charge is -2.34. The van der Waals surface area contributed by atoms with Crippen LogP contribution >= 0.6 is 0 Å². The van der Waals surface area contributed by atoms with Crippen LogP contribution in [-0.4, -0.2) is 35.7 Å². The van der Waals surface area contributed by atoms with Crippen LogP contribution in [0.4, 0.5) is 0 Å². The summed E-state index contributed by atoms with van der Waals surface area (Å²) >= 11 is 0.